The summed E-state index contributed by atoms with van der Waals surface area (Å²) in [5, 5.41) is 7.97. The number of piperidine rings is 1. The molecule has 2 fully saturated rings. The lowest BCUT2D eigenvalue weighted by atomic mass is 10.0. The predicted octanol–water partition coefficient (Wildman–Crippen LogP) is 2.40. The van der Waals surface area contributed by atoms with Crippen LogP contribution in [0, 0.1) is 0 Å². The number of aromatic nitrogens is 2. The van der Waals surface area contributed by atoms with Crippen LogP contribution in [-0.2, 0) is 4.74 Å². The number of aromatic amines is 1. The quantitative estimate of drug-likeness (QED) is 0.929. The molecule has 4 rings (SSSR count). The number of H-pyrrole nitrogens is 1. The number of hydrogen-bond acceptors (Lipinski definition) is 4. The van der Waals surface area contributed by atoms with E-state index in [2.05, 4.69) is 17.1 Å². The van der Waals surface area contributed by atoms with Crippen LogP contribution in [0.1, 0.15) is 36.7 Å². The lowest BCUT2D eigenvalue weighted by Crippen LogP contribution is -2.49. The van der Waals surface area contributed by atoms with E-state index in [0.29, 0.717) is 25.4 Å². The number of likely N-dealkylation sites (tertiary alicyclic amines) is 1. The Labute approximate surface area is 145 Å². The first-order chi connectivity index (χ1) is 12.2. The summed E-state index contributed by atoms with van der Waals surface area (Å²) in [5.74, 6) is -0.0491. The van der Waals surface area contributed by atoms with Gasteiger partial charge in [-0.05, 0) is 25.3 Å². The summed E-state index contributed by atoms with van der Waals surface area (Å²) in [5.41, 5.74) is 1.34. The fourth-order valence-electron chi connectivity index (χ4n) is 3.86. The van der Waals surface area contributed by atoms with Crippen LogP contribution in [0.2, 0.25) is 0 Å². The summed E-state index contributed by atoms with van der Waals surface area (Å²) in [7, 11) is 0. The lowest BCUT2D eigenvalue weighted by Gasteiger charge is -2.37. The zero-order valence-electron chi connectivity index (χ0n) is 14.3. The normalized spacial score (nSPS) is 21.8. The first-order valence-electron chi connectivity index (χ1n) is 8.86. The van der Waals surface area contributed by atoms with Crippen molar-refractivity contribution >= 4 is 22.9 Å². The van der Waals surface area contributed by atoms with Crippen LogP contribution >= 0.6 is 0 Å². The Morgan fingerprint density at radius 1 is 1.32 bits per heavy atom. The van der Waals surface area contributed by atoms with Gasteiger partial charge in [0.1, 0.15) is 6.61 Å². The van der Waals surface area contributed by atoms with Crippen LogP contribution in [-0.4, -0.2) is 63.8 Å². The maximum atomic E-state index is 12.8. The monoisotopic (exact) mass is 342 g/mol. The minimum atomic E-state index is -0.213. The van der Waals surface area contributed by atoms with Crippen LogP contribution in [0.4, 0.5) is 4.79 Å². The molecule has 2 aliphatic heterocycles. The molecule has 2 amide bonds. The Morgan fingerprint density at radius 3 is 2.84 bits per heavy atom. The molecular weight excluding hydrogens is 320 g/mol. The Kier molecular flexibility index (Phi) is 4.07. The minimum Gasteiger partial charge on any atom is -0.447 e. The molecule has 132 valence electrons. The van der Waals surface area contributed by atoms with E-state index in [1.54, 1.807) is 0 Å². The number of hydrogen-bond donors (Lipinski definition) is 1. The minimum absolute atomic E-state index is 0.0491. The van der Waals surface area contributed by atoms with Gasteiger partial charge < -0.3 is 9.64 Å². The highest BCUT2D eigenvalue weighted by Gasteiger charge is 2.39. The zero-order valence-corrected chi connectivity index (χ0v) is 14.3. The van der Waals surface area contributed by atoms with E-state index in [0.717, 1.165) is 30.2 Å². The Morgan fingerprint density at radius 2 is 2.08 bits per heavy atom. The molecule has 7 nitrogen and oxygen atoms in total. The van der Waals surface area contributed by atoms with E-state index >= 15 is 0 Å². The zero-order chi connectivity index (χ0) is 17.4. The van der Waals surface area contributed by atoms with Crippen molar-refractivity contribution in [2.75, 3.05) is 19.7 Å². The highest BCUT2D eigenvalue weighted by Crippen LogP contribution is 2.26. The van der Waals surface area contributed by atoms with Gasteiger partial charge >= 0.3 is 6.09 Å². The molecule has 2 aromatic rings. The third-order valence-electron chi connectivity index (χ3n) is 5.29. The average molecular weight is 342 g/mol. The molecule has 1 atom stereocenters. The molecule has 0 spiro atoms. The number of cyclic esters (lactones) is 1. The third-order valence-corrected chi connectivity index (χ3v) is 5.29. The largest absolute Gasteiger partial charge is 0.447 e. The summed E-state index contributed by atoms with van der Waals surface area (Å²) < 4.78 is 5.20. The van der Waals surface area contributed by atoms with E-state index in [1.165, 1.54) is 0 Å². The van der Waals surface area contributed by atoms with E-state index in [-0.39, 0.29) is 24.1 Å². The van der Waals surface area contributed by atoms with Gasteiger partial charge in [-0.15, -0.1) is 0 Å². The maximum absolute atomic E-state index is 12.8. The Balaban J connectivity index is 1.45. The summed E-state index contributed by atoms with van der Waals surface area (Å²) >= 11 is 0. The number of carbonyl (C=O) groups excluding carboxylic acids is 2. The molecule has 2 saturated heterocycles. The molecule has 0 radical (unpaired) electrons. The van der Waals surface area contributed by atoms with Gasteiger partial charge in [0, 0.05) is 24.5 Å². The number of nitrogens with one attached hydrogen (secondary N) is 1. The van der Waals surface area contributed by atoms with Crippen LogP contribution < -0.4 is 0 Å². The molecule has 0 saturated carbocycles. The number of benzene rings is 1. The van der Waals surface area contributed by atoms with Crippen LogP contribution in [0.25, 0.3) is 10.9 Å². The average Bonchev–Trinajstić information content (AvgIpc) is 3.24. The highest BCUT2D eigenvalue weighted by molar-refractivity contribution is 6.04. The van der Waals surface area contributed by atoms with E-state index in [1.807, 2.05) is 34.1 Å². The molecule has 25 heavy (non-hydrogen) atoms. The molecule has 0 bridgehead atoms. The number of nitrogens with zero attached hydrogens (tertiary/aromatic N) is 3. The molecule has 1 unspecified atom stereocenters. The van der Waals surface area contributed by atoms with Crippen LogP contribution in [0.5, 0.6) is 0 Å². The van der Waals surface area contributed by atoms with Crippen molar-refractivity contribution in [2.45, 2.75) is 38.3 Å². The molecule has 7 heteroatoms. The van der Waals surface area contributed by atoms with Crippen molar-refractivity contribution in [1.29, 1.82) is 0 Å². The molecule has 1 N–H and O–H groups in total. The van der Waals surface area contributed by atoms with Crippen molar-refractivity contribution in [2.24, 2.45) is 0 Å². The van der Waals surface area contributed by atoms with Gasteiger partial charge in [-0.3, -0.25) is 14.8 Å². The van der Waals surface area contributed by atoms with Crippen molar-refractivity contribution in [3.05, 3.63) is 30.0 Å². The van der Waals surface area contributed by atoms with Gasteiger partial charge in [-0.1, -0.05) is 25.1 Å². The summed E-state index contributed by atoms with van der Waals surface area (Å²) in [6.07, 6.45) is 2.23. The topological polar surface area (TPSA) is 78.5 Å². The lowest BCUT2D eigenvalue weighted by molar-refractivity contribution is 0.0632. The molecule has 0 aliphatic carbocycles. The SMILES string of the molecule is CCC1COC(=O)N1C1CCN(C(=O)c2n[nH]c3ccccc23)CC1. The second-order valence-electron chi connectivity index (χ2n) is 6.69. The fraction of sp³-hybridized carbons (Fsp3) is 0.500. The van der Waals surface area contributed by atoms with E-state index in [9.17, 15) is 9.59 Å². The van der Waals surface area contributed by atoms with Crippen LogP contribution in [0.3, 0.4) is 0 Å². The van der Waals surface area contributed by atoms with Crippen molar-refractivity contribution in [1.82, 2.24) is 20.0 Å². The molecule has 1 aromatic heterocycles. The van der Waals surface area contributed by atoms with Crippen molar-refractivity contribution in [3.63, 3.8) is 0 Å². The molecular formula is C18H22N4O3. The van der Waals surface area contributed by atoms with Crippen LogP contribution in [0.15, 0.2) is 24.3 Å². The maximum Gasteiger partial charge on any atom is 0.410 e. The van der Waals surface area contributed by atoms with Gasteiger partial charge in [-0.2, -0.15) is 5.10 Å². The number of ether oxygens (including phenoxy) is 1. The van der Waals surface area contributed by atoms with Gasteiger partial charge in [-0.25, -0.2) is 4.79 Å². The van der Waals surface area contributed by atoms with Gasteiger partial charge in [0.2, 0.25) is 0 Å². The van der Waals surface area contributed by atoms with Gasteiger partial charge in [0.25, 0.3) is 5.91 Å². The predicted molar refractivity (Wildman–Crippen MR) is 92.3 cm³/mol. The number of carbonyl (C=O) groups is 2. The smallest absolute Gasteiger partial charge is 0.410 e. The second kappa shape index (κ2) is 6.38. The van der Waals surface area contributed by atoms with Gasteiger partial charge in [0.05, 0.1) is 11.6 Å². The summed E-state index contributed by atoms with van der Waals surface area (Å²) in [6.45, 7) is 3.81. The van der Waals surface area contributed by atoms with E-state index < -0.39 is 0 Å². The first-order valence-corrected chi connectivity index (χ1v) is 8.86. The highest BCUT2D eigenvalue weighted by atomic mass is 16.6. The number of amides is 2. The summed E-state index contributed by atoms with van der Waals surface area (Å²) in [4.78, 5) is 28.5. The fourth-order valence-corrected chi connectivity index (χ4v) is 3.86. The first kappa shape index (κ1) is 15.9. The van der Waals surface area contributed by atoms with Crippen molar-refractivity contribution < 1.29 is 14.3 Å². The standard InChI is InChI=1S/C18H22N4O3/c1-2-12-11-25-18(24)22(12)13-7-9-21(10-8-13)17(23)16-14-5-3-4-6-15(14)19-20-16/h3-6,12-13H,2,7-11H2,1H3,(H,19,20). The number of rotatable bonds is 3. The molecule has 2 aliphatic rings. The van der Waals surface area contributed by atoms with E-state index in [4.69, 9.17) is 4.74 Å². The molecule has 3 heterocycles. The van der Waals surface area contributed by atoms with Gasteiger partial charge in [0.15, 0.2) is 5.69 Å². The second-order valence-corrected chi connectivity index (χ2v) is 6.69. The number of para-hydroxylation sites is 1. The summed E-state index contributed by atoms with van der Waals surface area (Å²) in [6, 6.07) is 7.96. The number of fused-ring (bicyclic) bond motifs is 1. The Hall–Kier alpha value is -2.57. The Bertz CT molecular complexity index is 794. The molecule has 1 aromatic carbocycles. The van der Waals surface area contributed by atoms with Crippen molar-refractivity contribution in [3.8, 4) is 0 Å². The third kappa shape index (κ3) is 2.73.